The van der Waals surface area contributed by atoms with Crippen LogP contribution in [-0.2, 0) is 0 Å². The fourth-order valence-corrected chi connectivity index (χ4v) is 1.95. The second-order valence-electron chi connectivity index (χ2n) is 4.14. The summed E-state index contributed by atoms with van der Waals surface area (Å²) in [7, 11) is 0. The van der Waals surface area contributed by atoms with E-state index in [0.717, 1.165) is 29.3 Å². The molecule has 15 heavy (non-hydrogen) atoms. The zero-order valence-electron chi connectivity index (χ0n) is 8.53. The van der Waals surface area contributed by atoms with Crippen LogP contribution < -0.4 is 5.32 Å². The van der Waals surface area contributed by atoms with Crippen molar-refractivity contribution < 1.29 is 0 Å². The second kappa shape index (κ2) is 3.53. The maximum atomic E-state index is 4.27. The average Bonchev–Trinajstić information content (AvgIpc) is 2.63. The predicted octanol–water partition coefficient (Wildman–Crippen LogP) is 2.17. The third-order valence-electron chi connectivity index (χ3n) is 3.14. The van der Waals surface area contributed by atoms with E-state index < -0.39 is 0 Å². The van der Waals surface area contributed by atoms with Crippen molar-refractivity contribution in [1.82, 2.24) is 15.0 Å². The Hall–Kier alpha value is -1.58. The Bertz CT molecular complexity index is 458. The van der Waals surface area contributed by atoms with Crippen LogP contribution in [-0.4, -0.2) is 21.5 Å². The first-order chi connectivity index (χ1) is 7.43. The summed E-state index contributed by atoms with van der Waals surface area (Å²) in [5, 5.41) is 4.48. The standard InChI is InChI=1S/C11H14N4/c1-2-8(3-1)6-13-11-9-4-5-12-10(9)14-7-15-11/h4-5,7-8H,1-3,6H2,(H2,12,13,14,15). The van der Waals surface area contributed by atoms with Crippen LogP contribution in [0.15, 0.2) is 18.6 Å². The van der Waals surface area contributed by atoms with E-state index in [1.54, 1.807) is 6.33 Å². The van der Waals surface area contributed by atoms with Gasteiger partial charge in [-0.15, -0.1) is 0 Å². The summed E-state index contributed by atoms with van der Waals surface area (Å²) in [5.41, 5.74) is 0.904. The van der Waals surface area contributed by atoms with Crippen molar-refractivity contribution in [3.05, 3.63) is 18.6 Å². The van der Waals surface area contributed by atoms with Crippen LogP contribution in [0.1, 0.15) is 19.3 Å². The third kappa shape index (κ3) is 1.56. The van der Waals surface area contributed by atoms with Gasteiger partial charge in [-0.2, -0.15) is 0 Å². The summed E-state index contributed by atoms with van der Waals surface area (Å²) in [5.74, 6) is 1.79. The Balaban J connectivity index is 1.80. The molecular weight excluding hydrogens is 188 g/mol. The molecule has 1 saturated carbocycles. The van der Waals surface area contributed by atoms with Gasteiger partial charge in [0.25, 0.3) is 0 Å². The molecule has 0 atom stereocenters. The molecule has 4 heteroatoms. The summed E-state index contributed by atoms with van der Waals surface area (Å²) in [4.78, 5) is 11.5. The minimum absolute atomic E-state index is 0.842. The SMILES string of the molecule is c1nc(NCC2CCC2)c2cc[nH]c2n1. The van der Waals surface area contributed by atoms with Crippen LogP contribution in [0.4, 0.5) is 5.82 Å². The predicted molar refractivity (Wildman–Crippen MR) is 59.7 cm³/mol. The third-order valence-corrected chi connectivity index (χ3v) is 3.14. The van der Waals surface area contributed by atoms with E-state index in [0.29, 0.717) is 0 Å². The molecule has 3 rings (SSSR count). The van der Waals surface area contributed by atoms with Crippen molar-refractivity contribution in [2.24, 2.45) is 5.92 Å². The Kier molecular flexibility index (Phi) is 2.05. The van der Waals surface area contributed by atoms with Crippen LogP contribution in [0.25, 0.3) is 11.0 Å². The van der Waals surface area contributed by atoms with Gasteiger partial charge in [-0.25, -0.2) is 9.97 Å². The van der Waals surface area contributed by atoms with Gasteiger partial charge in [0.15, 0.2) is 0 Å². The highest BCUT2D eigenvalue weighted by molar-refractivity contribution is 5.86. The Morgan fingerprint density at radius 1 is 1.40 bits per heavy atom. The highest BCUT2D eigenvalue weighted by atomic mass is 15.0. The minimum atomic E-state index is 0.842. The number of rotatable bonds is 3. The number of anilines is 1. The number of fused-ring (bicyclic) bond motifs is 1. The first-order valence-electron chi connectivity index (χ1n) is 5.45. The number of nitrogens with zero attached hydrogens (tertiary/aromatic N) is 2. The molecule has 1 fully saturated rings. The number of aromatic amines is 1. The van der Waals surface area contributed by atoms with Crippen LogP contribution >= 0.6 is 0 Å². The monoisotopic (exact) mass is 202 g/mol. The van der Waals surface area contributed by atoms with E-state index in [4.69, 9.17) is 0 Å². The van der Waals surface area contributed by atoms with E-state index in [1.807, 2.05) is 12.3 Å². The van der Waals surface area contributed by atoms with Gasteiger partial charge in [-0.05, 0) is 24.8 Å². The molecule has 2 heterocycles. The normalized spacial score (nSPS) is 16.5. The summed E-state index contributed by atoms with van der Waals surface area (Å²) < 4.78 is 0. The fourth-order valence-electron chi connectivity index (χ4n) is 1.95. The van der Waals surface area contributed by atoms with Crippen molar-refractivity contribution in [3.8, 4) is 0 Å². The van der Waals surface area contributed by atoms with Gasteiger partial charge in [0.2, 0.25) is 0 Å². The molecule has 1 aliphatic carbocycles. The van der Waals surface area contributed by atoms with Crippen molar-refractivity contribution >= 4 is 16.9 Å². The minimum Gasteiger partial charge on any atom is -0.369 e. The summed E-state index contributed by atoms with van der Waals surface area (Å²) in [6, 6.07) is 2.01. The Morgan fingerprint density at radius 3 is 3.13 bits per heavy atom. The topological polar surface area (TPSA) is 53.6 Å². The number of aromatic nitrogens is 3. The smallest absolute Gasteiger partial charge is 0.142 e. The summed E-state index contributed by atoms with van der Waals surface area (Å²) in [6.07, 6.45) is 7.59. The number of H-pyrrole nitrogens is 1. The van der Waals surface area contributed by atoms with Crippen molar-refractivity contribution in [3.63, 3.8) is 0 Å². The molecule has 2 aromatic heterocycles. The molecule has 0 unspecified atom stereocenters. The van der Waals surface area contributed by atoms with Gasteiger partial charge >= 0.3 is 0 Å². The van der Waals surface area contributed by atoms with Gasteiger partial charge < -0.3 is 10.3 Å². The summed E-state index contributed by atoms with van der Waals surface area (Å²) >= 11 is 0. The molecule has 1 aliphatic rings. The summed E-state index contributed by atoms with van der Waals surface area (Å²) in [6.45, 7) is 1.04. The molecule has 78 valence electrons. The lowest BCUT2D eigenvalue weighted by molar-refractivity contribution is 0.333. The highest BCUT2D eigenvalue weighted by Gasteiger charge is 2.17. The molecule has 0 bridgehead atoms. The van der Waals surface area contributed by atoms with Crippen molar-refractivity contribution in [1.29, 1.82) is 0 Å². The molecule has 2 aromatic rings. The Labute approximate surface area is 88.1 Å². The van der Waals surface area contributed by atoms with Gasteiger partial charge in [-0.3, -0.25) is 0 Å². The molecule has 0 radical (unpaired) electrons. The van der Waals surface area contributed by atoms with E-state index in [2.05, 4.69) is 20.3 Å². The van der Waals surface area contributed by atoms with Crippen LogP contribution in [0.3, 0.4) is 0 Å². The second-order valence-corrected chi connectivity index (χ2v) is 4.14. The molecular formula is C11H14N4. The van der Waals surface area contributed by atoms with Crippen molar-refractivity contribution in [2.75, 3.05) is 11.9 Å². The average molecular weight is 202 g/mol. The number of hydrogen-bond donors (Lipinski definition) is 2. The van der Waals surface area contributed by atoms with Gasteiger partial charge in [0, 0.05) is 12.7 Å². The molecule has 0 amide bonds. The first-order valence-corrected chi connectivity index (χ1v) is 5.45. The number of nitrogens with one attached hydrogen (secondary N) is 2. The van der Waals surface area contributed by atoms with E-state index in [9.17, 15) is 0 Å². The quantitative estimate of drug-likeness (QED) is 0.802. The largest absolute Gasteiger partial charge is 0.369 e. The fraction of sp³-hybridized carbons (Fsp3) is 0.455. The molecule has 0 spiro atoms. The van der Waals surface area contributed by atoms with Crippen LogP contribution in [0.2, 0.25) is 0 Å². The van der Waals surface area contributed by atoms with Gasteiger partial charge in [-0.1, -0.05) is 6.42 Å². The van der Waals surface area contributed by atoms with E-state index in [-0.39, 0.29) is 0 Å². The molecule has 0 saturated heterocycles. The maximum Gasteiger partial charge on any atom is 0.142 e. The van der Waals surface area contributed by atoms with Crippen LogP contribution in [0, 0.1) is 5.92 Å². The highest BCUT2D eigenvalue weighted by Crippen LogP contribution is 2.27. The maximum absolute atomic E-state index is 4.27. The molecule has 4 nitrogen and oxygen atoms in total. The van der Waals surface area contributed by atoms with Crippen molar-refractivity contribution in [2.45, 2.75) is 19.3 Å². The van der Waals surface area contributed by atoms with Gasteiger partial charge in [0.05, 0.1) is 5.39 Å². The Morgan fingerprint density at radius 2 is 2.33 bits per heavy atom. The molecule has 0 aromatic carbocycles. The lowest BCUT2D eigenvalue weighted by Crippen LogP contribution is -2.21. The number of hydrogen-bond acceptors (Lipinski definition) is 3. The van der Waals surface area contributed by atoms with Gasteiger partial charge in [0.1, 0.15) is 17.8 Å². The van der Waals surface area contributed by atoms with E-state index in [1.165, 1.54) is 19.3 Å². The van der Waals surface area contributed by atoms with E-state index >= 15 is 0 Å². The zero-order chi connectivity index (χ0) is 10.1. The lowest BCUT2D eigenvalue weighted by atomic mass is 9.85. The molecule has 0 aliphatic heterocycles. The lowest BCUT2D eigenvalue weighted by Gasteiger charge is -2.25. The zero-order valence-corrected chi connectivity index (χ0v) is 8.53. The first kappa shape index (κ1) is 8.71. The molecule has 2 N–H and O–H groups in total. The van der Waals surface area contributed by atoms with Crippen LogP contribution in [0.5, 0.6) is 0 Å².